The van der Waals surface area contributed by atoms with E-state index in [-0.39, 0.29) is 0 Å². The Morgan fingerprint density at radius 3 is 1.80 bits per heavy atom. The van der Waals surface area contributed by atoms with Crippen LogP contribution in [-0.2, 0) is 16.1 Å². The second kappa shape index (κ2) is 14.2. The molecule has 0 amide bonds. The Balaban J connectivity index is 0.000000557. The first-order valence-electron chi connectivity index (χ1n) is 12.8. The van der Waals surface area contributed by atoms with E-state index < -0.39 is 11.9 Å². The fraction of sp³-hybridized carbons (Fsp3) is 0.125. The zero-order valence-corrected chi connectivity index (χ0v) is 21.8. The molecule has 0 saturated carbocycles. The standard InChI is InChI=1S/C30H28N4.C2H2O4/c1-4-10-24(11-5-1)29(25-12-6-2-7-13-25)18-21-32-22-27-23-34(28-14-8-3-9-15-28)33-30(27)26-16-19-31-20-17-26;3-1(4)2(5)6/h1-17,19-20,23,29,32H,18,21-22H2;(H,3,4)(H,5,6). The van der Waals surface area contributed by atoms with E-state index in [0.717, 1.165) is 36.5 Å². The molecule has 3 N–H and O–H groups in total. The van der Waals surface area contributed by atoms with Gasteiger partial charge in [-0.05, 0) is 48.4 Å². The maximum Gasteiger partial charge on any atom is 0.414 e. The number of carboxylic acid groups (broad SMARTS) is 2. The van der Waals surface area contributed by atoms with E-state index in [1.54, 1.807) is 0 Å². The van der Waals surface area contributed by atoms with Crippen LogP contribution in [0.4, 0.5) is 0 Å². The predicted molar refractivity (Wildman–Crippen MR) is 153 cm³/mol. The molecule has 40 heavy (non-hydrogen) atoms. The van der Waals surface area contributed by atoms with Crippen LogP contribution in [0.3, 0.4) is 0 Å². The summed E-state index contributed by atoms with van der Waals surface area (Å²) in [5.74, 6) is -3.29. The average molecular weight is 535 g/mol. The van der Waals surface area contributed by atoms with Crippen LogP contribution in [0.15, 0.2) is 122 Å². The zero-order chi connectivity index (χ0) is 28.2. The number of hydrogen-bond acceptors (Lipinski definition) is 5. The summed E-state index contributed by atoms with van der Waals surface area (Å²) in [6, 6.07) is 35.8. The van der Waals surface area contributed by atoms with Gasteiger partial charge in [-0.2, -0.15) is 5.10 Å². The zero-order valence-electron chi connectivity index (χ0n) is 21.8. The number of aromatic nitrogens is 3. The van der Waals surface area contributed by atoms with E-state index in [2.05, 4.69) is 89.3 Å². The molecule has 5 rings (SSSR count). The van der Waals surface area contributed by atoms with Gasteiger partial charge in [-0.25, -0.2) is 14.3 Å². The third-order valence-corrected chi connectivity index (χ3v) is 6.28. The highest BCUT2D eigenvalue weighted by Gasteiger charge is 2.15. The smallest absolute Gasteiger partial charge is 0.414 e. The Kier molecular flexibility index (Phi) is 9.90. The van der Waals surface area contributed by atoms with Crippen LogP contribution in [0.5, 0.6) is 0 Å². The average Bonchev–Trinajstić information content (AvgIpc) is 3.43. The number of pyridine rings is 1. The van der Waals surface area contributed by atoms with Gasteiger partial charge in [0.2, 0.25) is 0 Å². The fourth-order valence-electron chi connectivity index (χ4n) is 4.37. The van der Waals surface area contributed by atoms with Crippen molar-refractivity contribution in [1.82, 2.24) is 20.1 Å². The second-order valence-corrected chi connectivity index (χ2v) is 8.97. The van der Waals surface area contributed by atoms with Crippen molar-refractivity contribution in [2.45, 2.75) is 18.9 Å². The van der Waals surface area contributed by atoms with Crippen molar-refractivity contribution >= 4 is 11.9 Å². The van der Waals surface area contributed by atoms with Gasteiger partial charge in [0.05, 0.1) is 11.4 Å². The van der Waals surface area contributed by atoms with Crippen LogP contribution in [0.1, 0.15) is 29.0 Å². The van der Waals surface area contributed by atoms with Crippen LogP contribution < -0.4 is 5.32 Å². The third kappa shape index (κ3) is 7.72. The lowest BCUT2D eigenvalue weighted by atomic mass is 9.88. The molecule has 2 heterocycles. The minimum Gasteiger partial charge on any atom is -0.473 e. The Morgan fingerprint density at radius 2 is 1.27 bits per heavy atom. The largest absolute Gasteiger partial charge is 0.473 e. The molecule has 202 valence electrons. The first-order chi connectivity index (χ1) is 19.5. The van der Waals surface area contributed by atoms with Crippen LogP contribution >= 0.6 is 0 Å². The van der Waals surface area contributed by atoms with Gasteiger partial charge in [0.1, 0.15) is 0 Å². The molecular weight excluding hydrogens is 504 g/mol. The van der Waals surface area contributed by atoms with Crippen molar-refractivity contribution in [2.75, 3.05) is 6.54 Å². The van der Waals surface area contributed by atoms with Crippen LogP contribution in [-0.4, -0.2) is 43.5 Å². The second-order valence-electron chi connectivity index (χ2n) is 8.97. The molecule has 0 aliphatic rings. The van der Waals surface area contributed by atoms with Crippen LogP contribution in [0.2, 0.25) is 0 Å². The van der Waals surface area contributed by atoms with Crippen LogP contribution in [0.25, 0.3) is 16.9 Å². The van der Waals surface area contributed by atoms with Crippen molar-refractivity contribution < 1.29 is 19.8 Å². The van der Waals surface area contributed by atoms with Gasteiger partial charge in [0.25, 0.3) is 0 Å². The van der Waals surface area contributed by atoms with Gasteiger partial charge in [0, 0.05) is 42.2 Å². The number of nitrogens with one attached hydrogen (secondary N) is 1. The van der Waals surface area contributed by atoms with E-state index in [4.69, 9.17) is 24.9 Å². The van der Waals surface area contributed by atoms with Gasteiger partial charge in [-0.15, -0.1) is 0 Å². The number of benzene rings is 3. The number of carbonyl (C=O) groups is 2. The highest BCUT2D eigenvalue weighted by molar-refractivity contribution is 6.27. The maximum atomic E-state index is 9.10. The number of rotatable bonds is 9. The Morgan fingerprint density at radius 1 is 0.750 bits per heavy atom. The highest BCUT2D eigenvalue weighted by Crippen LogP contribution is 2.28. The number of carboxylic acids is 2. The Bertz CT molecular complexity index is 1440. The summed E-state index contributed by atoms with van der Waals surface area (Å²) in [4.78, 5) is 22.4. The topological polar surface area (TPSA) is 117 Å². The van der Waals surface area contributed by atoms with E-state index in [1.165, 1.54) is 16.7 Å². The van der Waals surface area contributed by atoms with Crippen molar-refractivity contribution in [3.05, 3.63) is 138 Å². The molecule has 0 unspecified atom stereocenters. The fourth-order valence-corrected chi connectivity index (χ4v) is 4.37. The molecule has 3 aromatic carbocycles. The molecule has 0 bridgehead atoms. The normalized spacial score (nSPS) is 10.5. The maximum absolute atomic E-state index is 9.10. The highest BCUT2D eigenvalue weighted by atomic mass is 16.4. The summed E-state index contributed by atoms with van der Waals surface area (Å²) in [5, 5.41) is 23.4. The van der Waals surface area contributed by atoms with E-state index in [9.17, 15) is 0 Å². The minimum atomic E-state index is -1.82. The predicted octanol–water partition coefficient (Wildman–Crippen LogP) is 5.40. The monoisotopic (exact) mass is 534 g/mol. The number of nitrogens with zero attached hydrogens (tertiary/aromatic N) is 3. The Hall–Kier alpha value is -5.08. The van der Waals surface area contributed by atoms with Crippen molar-refractivity contribution in [1.29, 1.82) is 0 Å². The van der Waals surface area contributed by atoms with Gasteiger partial charge < -0.3 is 15.5 Å². The summed E-state index contributed by atoms with van der Waals surface area (Å²) >= 11 is 0. The van der Waals surface area contributed by atoms with E-state index in [1.807, 2.05) is 47.4 Å². The summed E-state index contributed by atoms with van der Waals surface area (Å²) in [6.45, 7) is 1.65. The lowest BCUT2D eigenvalue weighted by molar-refractivity contribution is -0.159. The lowest BCUT2D eigenvalue weighted by Gasteiger charge is -2.18. The third-order valence-electron chi connectivity index (χ3n) is 6.28. The summed E-state index contributed by atoms with van der Waals surface area (Å²) in [6.07, 6.45) is 6.78. The molecule has 8 heteroatoms. The summed E-state index contributed by atoms with van der Waals surface area (Å²) < 4.78 is 1.96. The molecular formula is C32H30N4O4. The Labute approximate surface area is 232 Å². The van der Waals surface area contributed by atoms with Crippen LogP contribution in [0, 0.1) is 0 Å². The summed E-state index contributed by atoms with van der Waals surface area (Å²) in [7, 11) is 0. The van der Waals surface area contributed by atoms with Crippen molar-refractivity contribution in [3.63, 3.8) is 0 Å². The van der Waals surface area contributed by atoms with Crippen molar-refractivity contribution in [3.8, 4) is 16.9 Å². The van der Waals surface area contributed by atoms with Gasteiger partial charge in [-0.3, -0.25) is 4.98 Å². The number of hydrogen-bond donors (Lipinski definition) is 3. The first-order valence-corrected chi connectivity index (χ1v) is 12.8. The molecule has 5 aromatic rings. The van der Waals surface area contributed by atoms with Gasteiger partial charge in [0.15, 0.2) is 0 Å². The molecule has 0 aliphatic heterocycles. The number of para-hydroxylation sites is 1. The molecule has 2 aromatic heterocycles. The van der Waals surface area contributed by atoms with Gasteiger partial charge in [-0.1, -0.05) is 78.9 Å². The SMILES string of the molecule is O=C(O)C(=O)O.c1ccc(C(CCNCc2cn(-c3ccccc3)nc2-c2ccncc2)c2ccccc2)cc1. The van der Waals surface area contributed by atoms with Crippen molar-refractivity contribution in [2.24, 2.45) is 0 Å². The molecule has 0 aliphatic carbocycles. The summed E-state index contributed by atoms with van der Waals surface area (Å²) in [5.41, 5.74) is 6.99. The van der Waals surface area contributed by atoms with E-state index >= 15 is 0 Å². The molecule has 0 radical (unpaired) electrons. The minimum absolute atomic E-state index is 0.363. The molecule has 0 atom stereocenters. The quantitative estimate of drug-likeness (QED) is 0.171. The molecule has 0 fully saturated rings. The van der Waals surface area contributed by atoms with Gasteiger partial charge >= 0.3 is 11.9 Å². The van der Waals surface area contributed by atoms with E-state index in [0.29, 0.717) is 5.92 Å². The molecule has 0 spiro atoms. The number of aliphatic carboxylic acids is 2. The lowest BCUT2D eigenvalue weighted by Crippen LogP contribution is -2.18. The molecule has 8 nitrogen and oxygen atoms in total. The molecule has 0 saturated heterocycles. The first kappa shape index (κ1) is 27.9.